The summed E-state index contributed by atoms with van der Waals surface area (Å²) in [5, 5.41) is 6.67. The second-order valence-corrected chi connectivity index (χ2v) is 8.53. The lowest BCUT2D eigenvalue weighted by molar-refractivity contribution is -0.133. The van der Waals surface area contributed by atoms with Gasteiger partial charge in [0.1, 0.15) is 5.82 Å². The van der Waals surface area contributed by atoms with Crippen molar-refractivity contribution in [3.8, 4) is 0 Å². The number of carbonyl (C=O) groups excluding carboxylic acids is 1. The highest BCUT2D eigenvalue weighted by Crippen LogP contribution is 2.19. The molecule has 8 heteroatoms. The molecule has 1 aliphatic heterocycles. The zero-order chi connectivity index (χ0) is 21.1. The molecule has 6 nitrogen and oxygen atoms in total. The molecule has 1 atom stereocenters. The van der Waals surface area contributed by atoms with Crippen LogP contribution >= 0.6 is 11.8 Å². The molecule has 1 fully saturated rings. The van der Waals surface area contributed by atoms with Crippen molar-refractivity contribution in [2.45, 2.75) is 36.6 Å². The summed E-state index contributed by atoms with van der Waals surface area (Å²) in [5.74, 6) is 1.78. The molecule has 162 valence electrons. The van der Waals surface area contributed by atoms with Gasteiger partial charge in [0.2, 0.25) is 5.91 Å². The van der Waals surface area contributed by atoms with Crippen molar-refractivity contribution in [1.82, 2.24) is 20.4 Å². The fourth-order valence-corrected chi connectivity index (χ4v) is 4.23. The smallest absolute Gasteiger partial charge is 0.239 e. The van der Waals surface area contributed by atoms with Gasteiger partial charge in [0.15, 0.2) is 5.96 Å². The average Bonchev–Trinajstić information content (AvgIpc) is 3.18. The summed E-state index contributed by atoms with van der Waals surface area (Å²) in [4.78, 5) is 21.6. The molecule has 0 aliphatic carbocycles. The lowest BCUT2D eigenvalue weighted by Crippen LogP contribution is -2.44. The third-order valence-corrected chi connectivity index (χ3v) is 6.02. The van der Waals surface area contributed by atoms with Gasteiger partial charge in [-0.2, -0.15) is 0 Å². The fourth-order valence-electron chi connectivity index (χ4n) is 3.38. The normalized spacial score (nSPS) is 17.4. The SMILES string of the molecule is CN=C(NCCCSc1ccc(F)cc1)NCCCN1CCCC1C(=O)N(C)C. The molecule has 1 aromatic rings. The van der Waals surface area contributed by atoms with Crippen LogP contribution in [-0.4, -0.2) is 80.8 Å². The number of rotatable bonds is 10. The van der Waals surface area contributed by atoms with E-state index in [4.69, 9.17) is 0 Å². The zero-order valence-electron chi connectivity index (χ0n) is 17.8. The Kier molecular flexibility index (Phi) is 10.3. The summed E-state index contributed by atoms with van der Waals surface area (Å²) in [6.07, 6.45) is 4.02. The van der Waals surface area contributed by atoms with Crippen LogP contribution in [0.4, 0.5) is 4.39 Å². The first-order valence-electron chi connectivity index (χ1n) is 10.3. The molecular formula is C21H34FN5OS. The van der Waals surface area contributed by atoms with Gasteiger partial charge in [0.25, 0.3) is 0 Å². The van der Waals surface area contributed by atoms with Gasteiger partial charge in [-0.15, -0.1) is 11.8 Å². The van der Waals surface area contributed by atoms with Crippen LogP contribution in [-0.2, 0) is 4.79 Å². The van der Waals surface area contributed by atoms with E-state index in [2.05, 4.69) is 20.5 Å². The van der Waals surface area contributed by atoms with Gasteiger partial charge in [-0.3, -0.25) is 14.7 Å². The molecule has 1 aliphatic rings. The first-order chi connectivity index (χ1) is 14.0. The number of nitrogens with zero attached hydrogens (tertiary/aromatic N) is 3. The average molecular weight is 424 g/mol. The highest BCUT2D eigenvalue weighted by molar-refractivity contribution is 7.99. The highest BCUT2D eigenvalue weighted by atomic mass is 32.2. The number of thioether (sulfide) groups is 1. The number of halogens is 1. The van der Waals surface area contributed by atoms with E-state index in [-0.39, 0.29) is 17.8 Å². The van der Waals surface area contributed by atoms with Crippen LogP contribution in [0.15, 0.2) is 34.2 Å². The number of hydrogen-bond donors (Lipinski definition) is 2. The largest absolute Gasteiger partial charge is 0.356 e. The molecule has 1 amide bonds. The Morgan fingerprint density at radius 1 is 1.24 bits per heavy atom. The minimum Gasteiger partial charge on any atom is -0.356 e. The van der Waals surface area contributed by atoms with Crippen molar-refractivity contribution >= 4 is 23.6 Å². The molecule has 2 rings (SSSR count). The summed E-state index contributed by atoms with van der Waals surface area (Å²) in [6, 6.07) is 6.65. The fraction of sp³-hybridized carbons (Fsp3) is 0.619. The maximum absolute atomic E-state index is 12.9. The van der Waals surface area contributed by atoms with E-state index >= 15 is 0 Å². The predicted octanol–water partition coefficient (Wildman–Crippen LogP) is 2.42. The van der Waals surface area contributed by atoms with Crippen molar-refractivity contribution in [3.05, 3.63) is 30.1 Å². The quantitative estimate of drug-likeness (QED) is 0.262. The van der Waals surface area contributed by atoms with Gasteiger partial charge in [-0.05, 0) is 62.2 Å². The summed E-state index contributed by atoms with van der Waals surface area (Å²) >= 11 is 1.72. The Bertz CT molecular complexity index is 653. The Morgan fingerprint density at radius 2 is 1.93 bits per heavy atom. The second kappa shape index (κ2) is 12.7. The van der Waals surface area contributed by atoms with Gasteiger partial charge in [0.05, 0.1) is 6.04 Å². The molecule has 2 N–H and O–H groups in total. The minimum atomic E-state index is -0.199. The summed E-state index contributed by atoms with van der Waals surface area (Å²) in [7, 11) is 5.43. The summed E-state index contributed by atoms with van der Waals surface area (Å²) in [6.45, 7) is 3.58. The molecule has 0 aromatic heterocycles. The number of amides is 1. The molecule has 1 heterocycles. The van der Waals surface area contributed by atoms with Crippen molar-refractivity contribution in [2.75, 3.05) is 53.1 Å². The van der Waals surface area contributed by atoms with Gasteiger partial charge in [-0.25, -0.2) is 4.39 Å². The molecule has 1 saturated heterocycles. The second-order valence-electron chi connectivity index (χ2n) is 7.36. The zero-order valence-corrected chi connectivity index (χ0v) is 18.6. The summed E-state index contributed by atoms with van der Waals surface area (Å²) in [5.41, 5.74) is 0. The van der Waals surface area contributed by atoms with E-state index in [0.29, 0.717) is 0 Å². The van der Waals surface area contributed by atoms with Crippen LogP contribution < -0.4 is 10.6 Å². The number of benzene rings is 1. The molecule has 1 unspecified atom stereocenters. The van der Waals surface area contributed by atoms with Crippen LogP contribution in [0.5, 0.6) is 0 Å². The molecule has 29 heavy (non-hydrogen) atoms. The van der Waals surface area contributed by atoms with Gasteiger partial charge < -0.3 is 15.5 Å². The van der Waals surface area contributed by atoms with Crippen molar-refractivity contribution in [1.29, 1.82) is 0 Å². The molecule has 0 saturated carbocycles. The lowest BCUT2D eigenvalue weighted by Gasteiger charge is -2.26. The predicted molar refractivity (Wildman–Crippen MR) is 119 cm³/mol. The van der Waals surface area contributed by atoms with Crippen LogP contribution in [0, 0.1) is 5.82 Å². The standard InChI is InChI=1S/C21H34FN5OS/c1-23-21(25-13-6-16-29-18-10-8-17(22)9-11-18)24-12-5-15-27-14-4-7-19(27)20(28)26(2)3/h8-11,19H,4-7,12-16H2,1-3H3,(H2,23,24,25). The van der Waals surface area contributed by atoms with E-state index in [0.717, 1.165) is 68.5 Å². The Balaban J connectivity index is 1.56. The van der Waals surface area contributed by atoms with Gasteiger partial charge in [-0.1, -0.05) is 0 Å². The van der Waals surface area contributed by atoms with Crippen LogP contribution in [0.25, 0.3) is 0 Å². The van der Waals surface area contributed by atoms with E-state index in [1.165, 1.54) is 12.1 Å². The van der Waals surface area contributed by atoms with E-state index in [1.807, 2.05) is 26.2 Å². The molecular weight excluding hydrogens is 389 g/mol. The van der Waals surface area contributed by atoms with Crippen LogP contribution in [0.2, 0.25) is 0 Å². The maximum Gasteiger partial charge on any atom is 0.239 e. The molecule has 0 bridgehead atoms. The van der Waals surface area contributed by atoms with Crippen molar-refractivity contribution < 1.29 is 9.18 Å². The van der Waals surface area contributed by atoms with Crippen LogP contribution in [0.3, 0.4) is 0 Å². The molecule has 0 radical (unpaired) electrons. The third-order valence-electron chi connectivity index (χ3n) is 4.92. The molecule has 1 aromatic carbocycles. The number of likely N-dealkylation sites (tertiary alicyclic amines) is 1. The first kappa shape index (κ1) is 23.5. The van der Waals surface area contributed by atoms with E-state index in [9.17, 15) is 9.18 Å². The summed E-state index contributed by atoms with van der Waals surface area (Å²) < 4.78 is 12.9. The van der Waals surface area contributed by atoms with Gasteiger partial charge in [0, 0.05) is 45.7 Å². The Morgan fingerprint density at radius 3 is 2.59 bits per heavy atom. The van der Waals surface area contributed by atoms with Gasteiger partial charge >= 0.3 is 0 Å². The number of nitrogens with one attached hydrogen (secondary N) is 2. The lowest BCUT2D eigenvalue weighted by atomic mass is 10.2. The minimum absolute atomic E-state index is 0.0426. The van der Waals surface area contributed by atoms with E-state index in [1.54, 1.807) is 23.7 Å². The third kappa shape index (κ3) is 8.22. The van der Waals surface area contributed by atoms with E-state index < -0.39 is 0 Å². The number of likely N-dealkylation sites (N-methyl/N-ethyl adjacent to an activating group) is 1. The monoisotopic (exact) mass is 423 g/mol. The van der Waals surface area contributed by atoms with Crippen LogP contribution in [0.1, 0.15) is 25.7 Å². The highest BCUT2D eigenvalue weighted by Gasteiger charge is 2.30. The van der Waals surface area contributed by atoms with Crippen molar-refractivity contribution in [3.63, 3.8) is 0 Å². The number of aliphatic imine (C=N–C) groups is 1. The Hall–Kier alpha value is -1.80. The molecule has 0 spiro atoms. The first-order valence-corrected chi connectivity index (χ1v) is 11.3. The maximum atomic E-state index is 12.9. The topological polar surface area (TPSA) is 60.0 Å². The number of guanidine groups is 1. The number of hydrogen-bond acceptors (Lipinski definition) is 4. The van der Waals surface area contributed by atoms with Crippen molar-refractivity contribution in [2.24, 2.45) is 4.99 Å². The Labute approximate surface area is 178 Å². The number of carbonyl (C=O) groups is 1.